The molecule has 0 fully saturated rings. The highest BCUT2D eigenvalue weighted by Crippen LogP contribution is 2.34. The summed E-state index contributed by atoms with van der Waals surface area (Å²) >= 11 is 7.09. The molecule has 3 rings (SSSR count). The highest BCUT2D eigenvalue weighted by molar-refractivity contribution is 9.11. The van der Waals surface area contributed by atoms with Crippen molar-refractivity contribution < 1.29 is 9.13 Å². The van der Waals surface area contributed by atoms with Gasteiger partial charge in [-0.05, 0) is 57.9 Å². The van der Waals surface area contributed by atoms with E-state index in [1.165, 1.54) is 12.1 Å². The summed E-state index contributed by atoms with van der Waals surface area (Å²) in [6, 6.07) is 20.3. The lowest BCUT2D eigenvalue weighted by Crippen LogP contribution is -2.04. The molecule has 0 amide bonds. The highest BCUT2D eigenvalue weighted by Gasteiger charge is 2.11. The average Bonchev–Trinajstić information content (AvgIpc) is 2.61. The molecule has 3 aromatic rings. The van der Waals surface area contributed by atoms with Gasteiger partial charge in [-0.3, -0.25) is 0 Å². The first-order valence-electron chi connectivity index (χ1n) is 7.76. The van der Waals surface area contributed by atoms with Crippen LogP contribution in [0.2, 0.25) is 0 Å². The van der Waals surface area contributed by atoms with Gasteiger partial charge in [-0.2, -0.15) is 0 Å². The molecule has 0 heterocycles. The lowest BCUT2D eigenvalue weighted by atomic mass is 10.2. The molecule has 0 radical (unpaired) electrons. The summed E-state index contributed by atoms with van der Waals surface area (Å²) in [5.41, 5.74) is 2.96. The summed E-state index contributed by atoms with van der Waals surface area (Å²) in [6.07, 6.45) is 0. The fourth-order valence-corrected chi connectivity index (χ4v) is 3.83. The number of hydrogen-bond acceptors (Lipinski definition) is 2. The summed E-state index contributed by atoms with van der Waals surface area (Å²) in [6.45, 7) is 1.05. The number of rotatable bonds is 6. The van der Waals surface area contributed by atoms with Crippen LogP contribution in [0.1, 0.15) is 11.1 Å². The molecule has 0 saturated heterocycles. The smallest absolute Gasteiger partial charge is 0.139 e. The molecule has 0 unspecified atom stereocenters. The van der Waals surface area contributed by atoms with Crippen molar-refractivity contribution in [3.8, 4) is 5.75 Å². The predicted octanol–water partition coefficient (Wildman–Crippen LogP) is 6.54. The Hall–Kier alpha value is -1.85. The van der Waals surface area contributed by atoms with E-state index in [2.05, 4.69) is 37.2 Å². The quantitative estimate of drug-likeness (QED) is 0.447. The van der Waals surface area contributed by atoms with E-state index in [0.29, 0.717) is 13.2 Å². The first kappa shape index (κ1) is 18.0. The molecular weight excluding hydrogens is 449 g/mol. The van der Waals surface area contributed by atoms with E-state index >= 15 is 0 Å². The number of benzene rings is 3. The Balaban J connectivity index is 1.76. The Labute approximate surface area is 163 Å². The number of hydrogen-bond donors (Lipinski definition) is 1. The minimum atomic E-state index is -0.248. The molecule has 0 atom stereocenters. The van der Waals surface area contributed by atoms with Crippen molar-refractivity contribution in [1.29, 1.82) is 0 Å². The van der Waals surface area contributed by atoms with Crippen LogP contribution in [0.3, 0.4) is 0 Å². The molecular formula is C20H16Br2FNO. The molecule has 0 aromatic heterocycles. The molecule has 128 valence electrons. The molecule has 0 aliphatic carbocycles. The minimum absolute atomic E-state index is 0.248. The zero-order valence-electron chi connectivity index (χ0n) is 13.3. The number of halogens is 3. The van der Waals surface area contributed by atoms with E-state index in [0.717, 1.165) is 31.5 Å². The van der Waals surface area contributed by atoms with Crippen molar-refractivity contribution in [1.82, 2.24) is 0 Å². The molecule has 2 nitrogen and oxygen atoms in total. The highest BCUT2D eigenvalue weighted by atomic mass is 79.9. The van der Waals surface area contributed by atoms with Crippen LogP contribution in [-0.2, 0) is 13.2 Å². The number of nitrogens with one attached hydrogen (secondary N) is 1. The first-order chi connectivity index (χ1) is 12.1. The van der Waals surface area contributed by atoms with E-state index in [-0.39, 0.29) is 5.82 Å². The van der Waals surface area contributed by atoms with Crippen LogP contribution in [0.5, 0.6) is 5.75 Å². The van der Waals surface area contributed by atoms with Crippen LogP contribution in [0.15, 0.2) is 75.7 Å². The SMILES string of the molecule is Fc1ccc(NCc2cc(Br)cc(Br)c2OCc2ccccc2)cc1. The minimum Gasteiger partial charge on any atom is -0.487 e. The Bertz CT molecular complexity index is 838. The zero-order valence-corrected chi connectivity index (χ0v) is 16.5. The van der Waals surface area contributed by atoms with Gasteiger partial charge in [-0.15, -0.1) is 0 Å². The van der Waals surface area contributed by atoms with Gasteiger partial charge in [0.2, 0.25) is 0 Å². The van der Waals surface area contributed by atoms with Crippen LogP contribution >= 0.6 is 31.9 Å². The lowest BCUT2D eigenvalue weighted by molar-refractivity contribution is 0.301. The number of ether oxygens (including phenoxy) is 1. The zero-order chi connectivity index (χ0) is 17.6. The van der Waals surface area contributed by atoms with Crippen LogP contribution in [0.4, 0.5) is 10.1 Å². The van der Waals surface area contributed by atoms with Gasteiger partial charge >= 0.3 is 0 Å². The molecule has 0 aliphatic rings. The van der Waals surface area contributed by atoms with E-state index in [1.807, 2.05) is 42.5 Å². The second-order valence-corrected chi connectivity index (χ2v) is 7.28. The van der Waals surface area contributed by atoms with Gasteiger partial charge in [0, 0.05) is 22.3 Å². The third-order valence-corrected chi connectivity index (χ3v) is 4.69. The Morgan fingerprint density at radius 2 is 1.64 bits per heavy atom. The van der Waals surface area contributed by atoms with Crippen molar-refractivity contribution in [2.24, 2.45) is 0 Å². The fraction of sp³-hybridized carbons (Fsp3) is 0.100. The van der Waals surface area contributed by atoms with Gasteiger partial charge in [0.05, 0.1) is 4.47 Å². The molecule has 0 saturated carbocycles. The standard InChI is InChI=1S/C20H16Br2FNO/c21-16-10-15(12-24-18-8-6-17(23)7-9-18)20(19(22)11-16)25-13-14-4-2-1-3-5-14/h1-11,24H,12-13H2. The van der Waals surface area contributed by atoms with E-state index in [4.69, 9.17) is 4.74 Å². The predicted molar refractivity (Wildman–Crippen MR) is 106 cm³/mol. The van der Waals surface area contributed by atoms with Gasteiger partial charge in [0.1, 0.15) is 18.2 Å². The Kier molecular flexibility index (Phi) is 6.10. The van der Waals surface area contributed by atoms with Gasteiger partial charge in [-0.25, -0.2) is 4.39 Å². The van der Waals surface area contributed by atoms with E-state index in [1.54, 1.807) is 12.1 Å². The lowest BCUT2D eigenvalue weighted by Gasteiger charge is -2.15. The topological polar surface area (TPSA) is 21.3 Å². The van der Waals surface area contributed by atoms with Gasteiger partial charge in [0.25, 0.3) is 0 Å². The first-order valence-corrected chi connectivity index (χ1v) is 9.34. The summed E-state index contributed by atoms with van der Waals surface area (Å²) in [4.78, 5) is 0. The molecule has 0 aliphatic heterocycles. The van der Waals surface area contributed by atoms with Gasteiger partial charge in [-0.1, -0.05) is 46.3 Å². The van der Waals surface area contributed by atoms with Crippen molar-refractivity contribution in [3.05, 3.63) is 92.6 Å². The van der Waals surface area contributed by atoms with Crippen LogP contribution < -0.4 is 10.1 Å². The molecule has 5 heteroatoms. The molecule has 1 N–H and O–H groups in total. The van der Waals surface area contributed by atoms with Crippen LogP contribution in [0, 0.1) is 5.82 Å². The second-order valence-electron chi connectivity index (χ2n) is 5.51. The van der Waals surface area contributed by atoms with Crippen LogP contribution in [0.25, 0.3) is 0 Å². The Morgan fingerprint density at radius 1 is 0.920 bits per heavy atom. The molecule has 3 aromatic carbocycles. The number of anilines is 1. The molecule has 25 heavy (non-hydrogen) atoms. The van der Waals surface area contributed by atoms with Crippen molar-refractivity contribution in [2.75, 3.05) is 5.32 Å². The van der Waals surface area contributed by atoms with Crippen molar-refractivity contribution >= 4 is 37.5 Å². The third kappa shape index (κ3) is 5.06. The maximum Gasteiger partial charge on any atom is 0.139 e. The second kappa shape index (κ2) is 8.50. The molecule has 0 bridgehead atoms. The van der Waals surface area contributed by atoms with Crippen molar-refractivity contribution in [2.45, 2.75) is 13.2 Å². The largest absolute Gasteiger partial charge is 0.487 e. The summed E-state index contributed by atoms with van der Waals surface area (Å²) in [5, 5.41) is 3.29. The third-order valence-electron chi connectivity index (χ3n) is 3.64. The normalized spacial score (nSPS) is 10.5. The summed E-state index contributed by atoms with van der Waals surface area (Å²) < 4.78 is 20.9. The fourth-order valence-electron chi connectivity index (χ4n) is 2.40. The van der Waals surface area contributed by atoms with Gasteiger partial charge < -0.3 is 10.1 Å². The molecule has 0 spiro atoms. The average molecular weight is 465 g/mol. The van der Waals surface area contributed by atoms with Gasteiger partial charge in [0.15, 0.2) is 0 Å². The maximum atomic E-state index is 13.0. The van der Waals surface area contributed by atoms with Crippen LogP contribution in [-0.4, -0.2) is 0 Å². The summed E-state index contributed by atoms with van der Waals surface area (Å²) in [7, 11) is 0. The maximum absolute atomic E-state index is 13.0. The summed E-state index contributed by atoms with van der Waals surface area (Å²) in [5.74, 6) is 0.546. The van der Waals surface area contributed by atoms with Crippen molar-refractivity contribution in [3.63, 3.8) is 0 Å². The Morgan fingerprint density at radius 3 is 2.36 bits per heavy atom. The monoisotopic (exact) mass is 463 g/mol. The van der Waals surface area contributed by atoms with E-state index < -0.39 is 0 Å². The van der Waals surface area contributed by atoms with E-state index in [9.17, 15) is 4.39 Å².